The predicted molar refractivity (Wildman–Crippen MR) is 170 cm³/mol. The number of amides is 2. The van der Waals surface area contributed by atoms with E-state index in [1.165, 1.54) is 51.1 Å². The molecule has 2 N–H and O–H groups in total. The fraction of sp³-hybridized carbons (Fsp3) is 0.194. The summed E-state index contributed by atoms with van der Waals surface area (Å²) in [5.41, 5.74) is 2.07. The fourth-order valence-corrected chi connectivity index (χ4v) is 9.05. The molecule has 2 aliphatic rings. The molecule has 9 nitrogen and oxygen atoms in total. The minimum Gasteiger partial charge on any atom is -0.481 e. The Bertz CT molecular complexity index is 1670. The first-order valence-corrected chi connectivity index (χ1v) is 17.1. The Kier molecular flexibility index (Phi) is 9.17. The SMILES string of the molecule is O=C(O)Cc1csc(SC2=C(C(=O)OC(c3ccccc3)c3ccccc3)N3C(=O)[C@@H](NC(=O)Cc4cccs4)[C@H]3SC2)n1. The van der Waals surface area contributed by atoms with Gasteiger partial charge in [-0.15, -0.1) is 34.4 Å². The zero-order valence-corrected chi connectivity index (χ0v) is 26.2. The number of carbonyl (C=O) groups is 4. The Balaban J connectivity index is 1.29. The molecule has 2 aromatic heterocycles. The average molecular weight is 664 g/mol. The topological polar surface area (TPSA) is 126 Å². The smallest absolute Gasteiger partial charge is 0.356 e. The standard InChI is InChI=1S/C31H25N3O6S4/c35-23(15-21-12-7-13-41-21)33-25-28(38)34-26(22(17-42-29(25)34)44-31-32-20(16-43-31)14-24(36)37)30(39)40-27(18-8-3-1-4-9-18)19-10-5-2-6-11-19/h1-13,16,25,27,29H,14-15,17H2,(H,33,35)(H,36,37)/t25-,29-/m1/s1. The summed E-state index contributed by atoms with van der Waals surface area (Å²) < 4.78 is 6.73. The van der Waals surface area contributed by atoms with Crippen LogP contribution in [0.5, 0.6) is 0 Å². The number of benzene rings is 2. The van der Waals surface area contributed by atoms with Gasteiger partial charge in [-0.25, -0.2) is 9.78 Å². The summed E-state index contributed by atoms with van der Waals surface area (Å²) in [7, 11) is 0. The molecule has 0 bridgehead atoms. The number of ether oxygens (including phenoxy) is 1. The van der Waals surface area contributed by atoms with E-state index in [0.29, 0.717) is 20.7 Å². The van der Waals surface area contributed by atoms with Gasteiger partial charge in [0, 0.05) is 20.9 Å². The van der Waals surface area contributed by atoms with Crippen LogP contribution in [0, 0.1) is 0 Å². The second kappa shape index (κ2) is 13.4. The molecule has 0 unspecified atom stereocenters. The van der Waals surface area contributed by atoms with Crippen LogP contribution in [0.4, 0.5) is 0 Å². The minimum atomic E-state index is -0.988. The second-order valence-electron chi connectivity index (χ2n) is 9.87. The lowest BCUT2D eigenvalue weighted by Crippen LogP contribution is -2.70. The third-order valence-corrected chi connectivity index (χ3v) is 11.3. The van der Waals surface area contributed by atoms with Gasteiger partial charge in [0.2, 0.25) is 5.91 Å². The molecule has 6 rings (SSSR count). The highest BCUT2D eigenvalue weighted by molar-refractivity contribution is 8.07. The molecule has 0 saturated carbocycles. The van der Waals surface area contributed by atoms with Gasteiger partial charge < -0.3 is 15.2 Å². The summed E-state index contributed by atoms with van der Waals surface area (Å²) >= 11 is 5.40. The molecule has 13 heteroatoms. The minimum absolute atomic E-state index is 0.111. The number of hydrogen-bond donors (Lipinski definition) is 2. The highest BCUT2D eigenvalue weighted by Gasteiger charge is 2.55. The zero-order chi connectivity index (χ0) is 30.6. The Morgan fingerprint density at radius 1 is 1.00 bits per heavy atom. The second-order valence-corrected chi connectivity index (χ2v) is 14.2. The number of carbonyl (C=O) groups excluding carboxylic acids is 3. The molecule has 1 saturated heterocycles. The van der Waals surface area contributed by atoms with Gasteiger partial charge in [-0.05, 0) is 22.6 Å². The summed E-state index contributed by atoms with van der Waals surface area (Å²) in [4.78, 5) is 58.9. The van der Waals surface area contributed by atoms with E-state index in [1.54, 1.807) is 5.38 Å². The molecule has 0 aliphatic carbocycles. The number of rotatable bonds is 11. The summed E-state index contributed by atoms with van der Waals surface area (Å²) in [6.45, 7) is 0. The molecule has 0 spiro atoms. The zero-order valence-electron chi connectivity index (χ0n) is 23.0. The largest absolute Gasteiger partial charge is 0.481 e. The first kappa shape index (κ1) is 30.1. The summed E-state index contributed by atoms with van der Waals surface area (Å²) in [6.07, 6.45) is -0.769. The molecule has 2 amide bonds. The number of aromatic nitrogens is 1. The number of β-lactam (4-membered cyclic amide) rings is 1. The van der Waals surface area contributed by atoms with Gasteiger partial charge in [0.05, 0.1) is 18.5 Å². The van der Waals surface area contributed by atoms with E-state index in [9.17, 15) is 19.2 Å². The van der Waals surface area contributed by atoms with Crippen molar-refractivity contribution in [3.8, 4) is 0 Å². The van der Waals surface area contributed by atoms with Crippen molar-refractivity contribution in [2.45, 2.75) is 34.7 Å². The molecule has 4 aromatic rings. The van der Waals surface area contributed by atoms with Crippen molar-refractivity contribution < 1.29 is 29.0 Å². The number of carboxylic acid groups (broad SMARTS) is 1. The van der Waals surface area contributed by atoms with Gasteiger partial charge in [-0.2, -0.15) is 0 Å². The van der Waals surface area contributed by atoms with Crippen LogP contribution in [0.3, 0.4) is 0 Å². The average Bonchev–Trinajstić information content (AvgIpc) is 3.71. The van der Waals surface area contributed by atoms with Crippen molar-refractivity contribution in [2.24, 2.45) is 0 Å². The Labute approximate surface area is 269 Å². The van der Waals surface area contributed by atoms with Crippen LogP contribution in [0.15, 0.2) is 98.5 Å². The van der Waals surface area contributed by atoms with Crippen molar-refractivity contribution in [3.63, 3.8) is 0 Å². The van der Waals surface area contributed by atoms with E-state index in [0.717, 1.165) is 16.0 Å². The van der Waals surface area contributed by atoms with Crippen molar-refractivity contribution in [3.05, 3.63) is 116 Å². The molecule has 0 radical (unpaired) electrons. The third kappa shape index (κ3) is 6.60. The lowest BCUT2D eigenvalue weighted by atomic mass is 10.0. The lowest BCUT2D eigenvalue weighted by molar-refractivity contribution is -0.154. The van der Waals surface area contributed by atoms with Crippen LogP contribution in [-0.4, -0.2) is 55.9 Å². The number of carboxylic acids is 1. The maximum Gasteiger partial charge on any atom is 0.356 e. The van der Waals surface area contributed by atoms with E-state index in [2.05, 4.69) is 10.3 Å². The van der Waals surface area contributed by atoms with Gasteiger partial charge >= 0.3 is 11.9 Å². The molecular weight excluding hydrogens is 639 g/mol. The number of thiazole rings is 1. The van der Waals surface area contributed by atoms with E-state index >= 15 is 0 Å². The quantitative estimate of drug-likeness (QED) is 0.166. The number of hydrogen-bond acceptors (Lipinski definition) is 10. The number of thioether (sulfide) groups is 2. The van der Waals surface area contributed by atoms with Crippen LogP contribution in [0.25, 0.3) is 0 Å². The van der Waals surface area contributed by atoms with Crippen molar-refractivity contribution in [1.29, 1.82) is 0 Å². The number of thiophene rings is 1. The third-order valence-electron chi connectivity index (χ3n) is 6.86. The Morgan fingerprint density at radius 3 is 2.34 bits per heavy atom. The summed E-state index contributed by atoms with van der Waals surface area (Å²) in [5.74, 6) is -1.95. The van der Waals surface area contributed by atoms with Gasteiger partial charge in [0.25, 0.3) is 5.91 Å². The van der Waals surface area contributed by atoms with Gasteiger partial charge in [-0.1, -0.05) is 78.5 Å². The predicted octanol–water partition coefficient (Wildman–Crippen LogP) is 5.11. The molecule has 224 valence electrons. The van der Waals surface area contributed by atoms with Crippen LogP contribution in [0.1, 0.15) is 27.8 Å². The number of aliphatic carboxylic acids is 1. The fourth-order valence-electron chi connectivity index (χ4n) is 4.88. The maximum atomic E-state index is 14.1. The molecule has 2 aliphatic heterocycles. The number of nitrogens with zero attached hydrogens (tertiary/aromatic N) is 2. The Morgan fingerprint density at radius 2 is 1.70 bits per heavy atom. The van der Waals surface area contributed by atoms with Crippen LogP contribution in [0.2, 0.25) is 0 Å². The van der Waals surface area contributed by atoms with E-state index < -0.39 is 35.4 Å². The first-order chi connectivity index (χ1) is 21.4. The molecule has 44 heavy (non-hydrogen) atoms. The van der Waals surface area contributed by atoms with E-state index in [4.69, 9.17) is 9.84 Å². The first-order valence-electron chi connectivity index (χ1n) is 13.5. The lowest BCUT2D eigenvalue weighted by Gasteiger charge is -2.49. The monoisotopic (exact) mass is 663 g/mol. The summed E-state index contributed by atoms with van der Waals surface area (Å²) in [5, 5.41) is 15.1. The molecule has 2 atom stereocenters. The Hall–Kier alpha value is -3.91. The highest BCUT2D eigenvalue weighted by atomic mass is 32.2. The van der Waals surface area contributed by atoms with Crippen LogP contribution < -0.4 is 5.32 Å². The van der Waals surface area contributed by atoms with Crippen LogP contribution >= 0.6 is 46.2 Å². The normalized spacial score (nSPS) is 17.7. The summed E-state index contributed by atoms with van der Waals surface area (Å²) in [6, 6.07) is 21.7. The van der Waals surface area contributed by atoms with Crippen molar-refractivity contribution in [2.75, 3.05) is 5.75 Å². The van der Waals surface area contributed by atoms with E-state index in [1.807, 2.05) is 78.2 Å². The van der Waals surface area contributed by atoms with Gasteiger partial charge in [0.1, 0.15) is 17.1 Å². The molecule has 1 fully saturated rings. The number of esters is 1. The van der Waals surface area contributed by atoms with Gasteiger partial charge in [0.15, 0.2) is 10.4 Å². The molecular formula is C31H25N3O6S4. The van der Waals surface area contributed by atoms with E-state index in [-0.39, 0.29) is 24.4 Å². The van der Waals surface area contributed by atoms with Crippen LogP contribution in [-0.2, 0) is 36.8 Å². The molecule has 2 aromatic carbocycles. The van der Waals surface area contributed by atoms with Gasteiger partial charge in [-0.3, -0.25) is 19.3 Å². The van der Waals surface area contributed by atoms with Crippen molar-refractivity contribution >= 4 is 70.0 Å². The highest BCUT2D eigenvalue weighted by Crippen LogP contribution is 2.46. The molecule has 4 heterocycles. The number of fused-ring (bicyclic) bond motifs is 1. The maximum absolute atomic E-state index is 14.1. The van der Waals surface area contributed by atoms with Crippen molar-refractivity contribution in [1.82, 2.24) is 15.2 Å². The number of nitrogens with one attached hydrogen (secondary N) is 1.